The quantitative estimate of drug-likeness (QED) is 0.469. The summed E-state index contributed by atoms with van der Waals surface area (Å²) in [6, 6.07) is 8.84. The molecule has 134 valence electrons. The van der Waals surface area contributed by atoms with Crippen LogP contribution in [0.3, 0.4) is 0 Å². The summed E-state index contributed by atoms with van der Waals surface area (Å²) in [5.41, 5.74) is 1.60. The molecular formula is C18H17BrCl3NO2. The van der Waals surface area contributed by atoms with Gasteiger partial charge in [-0.05, 0) is 58.1 Å². The SMILES string of the molecule is CCC(C)c1ccc(OCC(=O)Nc2cc(Cl)c(Cl)cc2Cl)c(Br)c1. The number of benzene rings is 2. The fraction of sp³-hybridized carbons (Fsp3) is 0.278. The lowest BCUT2D eigenvalue weighted by atomic mass is 9.99. The minimum Gasteiger partial charge on any atom is -0.483 e. The smallest absolute Gasteiger partial charge is 0.262 e. The zero-order valence-electron chi connectivity index (χ0n) is 13.7. The molecule has 0 aliphatic rings. The van der Waals surface area contributed by atoms with E-state index in [9.17, 15) is 4.79 Å². The van der Waals surface area contributed by atoms with E-state index >= 15 is 0 Å². The van der Waals surface area contributed by atoms with Crippen LogP contribution in [0.5, 0.6) is 5.75 Å². The number of carbonyl (C=O) groups excluding carboxylic acids is 1. The maximum absolute atomic E-state index is 12.1. The van der Waals surface area contributed by atoms with Gasteiger partial charge in [-0.15, -0.1) is 0 Å². The zero-order chi connectivity index (χ0) is 18.6. The summed E-state index contributed by atoms with van der Waals surface area (Å²) in [5, 5.41) is 3.60. The Bertz CT molecular complexity index is 783. The molecule has 0 heterocycles. The first-order valence-electron chi connectivity index (χ1n) is 7.68. The standard InChI is InChI=1S/C18H17BrCl3NO2/c1-3-10(2)11-4-5-17(12(19)6-11)25-9-18(24)23-16-8-14(21)13(20)7-15(16)22/h4-8,10H,3,9H2,1-2H3,(H,23,24). The van der Waals surface area contributed by atoms with Gasteiger partial charge in [0.1, 0.15) is 5.75 Å². The molecule has 25 heavy (non-hydrogen) atoms. The molecule has 0 aliphatic carbocycles. The van der Waals surface area contributed by atoms with E-state index in [-0.39, 0.29) is 12.5 Å². The number of carbonyl (C=O) groups is 1. The van der Waals surface area contributed by atoms with Crippen molar-refractivity contribution in [3.63, 3.8) is 0 Å². The molecule has 1 amide bonds. The Kier molecular flexibility index (Phi) is 7.44. The predicted molar refractivity (Wildman–Crippen MR) is 108 cm³/mol. The summed E-state index contributed by atoms with van der Waals surface area (Å²) in [6.45, 7) is 4.15. The molecule has 2 aromatic carbocycles. The predicted octanol–water partition coefficient (Wildman–Crippen LogP) is 6.94. The maximum Gasteiger partial charge on any atom is 0.262 e. The molecule has 0 bridgehead atoms. The second-order valence-electron chi connectivity index (χ2n) is 5.58. The Morgan fingerprint density at radius 1 is 1.16 bits per heavy atom. The van der Waals surface area contributed by atoms with E-state index in [1.54, 1.807) is 0 Å². The number of halogens is 4. The molecule has 1 unspecified atom stereocenters. The summed E-state index contributed by atoms with van der Waals surface area (Å²) in [5.74, 6) is 0.714. The van der Waals surface area contributed by atoms with Crippen LogP contribution >= 0.6 is 50.7 Å². The van der Waals surface area contributed by atoms with E-state index in [4.69, 9.17) is 39.5 Å². The molecule has 1 N–H and O–H groups in total. The van der Waals surface area contributed by atoms with Gasteiger partial charge in [0.25, 0.3) is 5.91 Å². The lowest BCUT2D eigenvalue weighted by molar-refractivity contribution is -0.118. The summed E-state index contributed by atoms with van der Waals surface area (Å²) in [4.78, 5) is 12.1. The van der Waals surface area contributed by atoms with Crippen LogP contribution in [0.2, 0.25) is 15.1 Å². The first-order chi connectivity index (χ1) is 11.8. The van der Waals surface area contributed by atoms with Gasteiger partial charge in [0.15, 0.2) is 6.61 Å². The molecule has 7 heteroatoms. The second-order valence-corrected chi connectivity index (χ2v) is 7.66. The third kappa shape index (κ3) is 5.52. The zero-order valence-corrected chi connectivity index (χ0v) is 17.6. The van der Waals surface area contributed by atoms with Gasteiger partial charge < -0.3 is 10.1 Å². The highest BCUT2D eigenvalue weighted by Crippen LogP contribution is 2.32. The fourth-order valence-electron chi connectivity index (χ4n) is 2.12. The lowest BCUT2D eigenvalue weighted by Gasteiger charge is -2.13. The summed E-state index contributed by atoms with van der Waals surface area (Å²) < 4.78 is 6.38. The molecule has 0 aromatic heterocycles. The van der Waals surface area contributed by atoms with Gasteiger partial charge in [-0.25, -0.2) is 0 Å². The highest BCUT2D eigenvalue weighted by atomic mass is 79.9. The molecule has 3 nitrogen and oxygen atoms in total. The van der Waals surface area contributed by atoms with Crippen molar-refractivity contribution in [1.82, 2.24) is 0 Å². The third-order valence-corrected chi connectivity index (χ3v) is 5.43. The van der Waals surface area contributed by atoms with Crippen molar-refractivity contribution in [1.29, 1.82) is 0 Å². The average Bonchev–Trinajstić information content (AvgIpc) is 2.57. The van der Waals surface area contributed by atoms with Crippen LogP contribution in [0.1, 0.15) is 31.7 Å². The fourth-order valence-corrected chi connectivity index (χ4v) is 3.23. The summed E-state index contributed by atoms with van der Waals surface area (Å²) in [7, 11) is 0. The van der Waals surface area contributed by atoms with Crippen molar-refractivity contribution in [3.8, 4) is 5.75 Å². The number of nitrogens with one attached hydrogen (secondary N) is 1. The van der Waals surface area contributed by atoms with Crippen LogP contribution in [-0.2, 0) is 4.79 Å². The number of hydrogen-bond acceptors (Lipinski definition) is 2. The Morgan fingerprint density at radius 3 is 2.48 bits per heavy atom. The van der Waals surface area contributed by atoms with E-state index in [1.165, 1.54) is 17.7 Å². The van der Waals surface area contributed by atoms with E-state index in [1.807, 2.05) is 18.2 Å². The number of hydrogen-bond donors (Lipinski definition) is 1. The molecule has 1 atom stereocenters. The van der Waals surface area contributed by atoms with Crippen LogP contribution in [-0.4, -0.2) is 12.5 Å². The Hall–Kier alpha value is -0.940. The van der Waals surface area contributed by atoms with Gasteiger partial charge in [-0.2, -0.15) is 0 Å². The van der Waals surface area contributed by atoms with Gasteiger partial charge in [0, 0.05) is 0 Å². The van der Waals surface area contributed by atoms with Crippen LogP contribution in [0.4, 0.5) is 5.69 Å². The van der Waals surface area contributed by atoms with Crippen molar-refractivity contribution in [3.05, 3.63) is 55.4 Å². The van der Waals surface area contributed by atoms with Gasteiger partial charge in [0.2, 0.25) is 0 Å². The molecule has 0 fully saturated rings. The highest BCUT2D eigenvalue weighted by molar-refractivity contribution is 9.10. The van der Waals surface area contributed by atoms with Gasteiger partial charge in [-0.3, -0.25) is 4.79 Å². The second kappa shape index (κ2) is 9.13. The van der Waals surface area contributed by atoms with Crippen molar-refractivity contribution < 1.29 is 9.53 Å². The minimum absolute atomic E-state index is 0.155. The average molecular weight is 466 g/mol. The maximum atomic E-state index is 12.1. The minimum atomic E-state index is -0.349. The molecular weight excluding hydrogens is 448 g/mol. The van der Waals surface area contributed by atoms with Crippen LogP contribution in [0, 0.1) is 0 Å². The molecule has 2 rings (SSSR count). The van der Waals surface area contributed by atoms with Crippen molar-refractivity contribution in [2.75, 3.05) is 11.9 Å². The highest BCUT2D eigenvalue weighted by Gasteiger charge is 2.12. The van der Waals surface area contributed by atoms with E-state index in [0.717, 1.165) is 10.9 Å². The molecule has 0 saturated heterocycles. The van der Waals surface area contributed by atoms with Crippen LogP contribution < -0.4 is 10.1 Å². The molecule has 0 saturated carbocycles. The van der Waals surface area contributed by atoms with Crippen molar-refractivity contribution >= 4 is 62.3 Å². The lowest BCUT2D eigenvalue weighted by Crippen LogP contribution is -2.20. The van der Waals surface area contributed by atoms with Crippen LogP contribution in [0.25, 0.3) is 0 Å². The molecule has 0 spiro atoms. The van der Waals surface area contributed by atoms with Crippen molar-refractivity contribution in [2.45, 2.75) is 26.2 Å². The largest absolute Gasteiger partial charge is 0.483 e. The Morgan fingerprint density at radius 2 is 1.84 bits per heavy atom. The number of amides is 1. The van der Waals surface area contributed by atoms with Gasteiger partial charge in [0.05, 0.1) is 25.2 Å². The van der Waals surface area contributed by atoms with E-state index in [2.05, 4.69) is 35.1 Å². The van der Waals surface area contributed by atoms with Crippen LogP contribution in [0.15, 0.2) is 34.8 Å². The van der Waals surface area contributed by atoms with E-state index in [0.29, 0.717) is 32.4 Å². The number of ether oxygens (including phenoxy) is 1. The molecule has 2 aromatic rings. The first-order valence-corrected chi connectivity index (χ1v) is 9.61. The summed E-state index contributed by atoms with van der Waals surface area (Å²) in [6.07, 6.45) is 1.06. The van der Waals surface area contributed by atoms with Gasteiger partial charge in [-0.1, -0.05) is 54.7 Å². The Labute approximate surface area is 170 Å². The molecule has 0 aliphatic heterocycles. The van der Waals surface area contributed by atoms with Gasteiger partial charge >= 0.3 is 0 Å². The summed E-state index contributed by atoms with van der Waals surface area (Å²) >= 11 is 21.3. The number of rotatable bonds is 6. The number of anilines is 1. The monoisotopic (exact) mass is 463 g/mol. The molecule has 0 radical (unpaired) electrons. The third-order valence-electron chi connectivity index (χ3n) is 3.78. The Balaban J connectivity index is 2.00. The topological polar surface area (TPSA) is 38.3 Å². The van der Waals surface area contributed by atoms with E-state index < -0.39 is 0 Å². The normalized spacial score (nSPS) is 11.9. The first kappa shape index (κ1) is 20.4. The van der Waals surface area contributed by atoms with Crippen molar-refractivity contribution in [2.24, 2.45) is 0 Å².